The third-order valence-corrected chi connectivity index (χ3v) is 2.92. The molecule has 2 aromatic rings. The molecule has 0 spiro atoms. The van der Waals surface area contributed by atoms with E-state index < -0.39 is 6.09 Å². The van der Waals surface area contributed by atoms with Gasteiger partial charge in [-0.15, -0.1) is 0 Å². The molecule has 1 heterocycles. The number of ether oxygens (including phenoxy) is 1. The van der Waals surface area contributed by atoms with Crippen LogP contribution in [0, 0.1) is 13.8 Å². The third kappa shape index (κ3) is 2.37. The van der Waals surface area contributed by atoms with Crippen molar-refractivity contribution in [1.82, 2.24) is 5.16 Å². The van der Waals surface area contributed by atoms with Crippen LogP contribution in [0.5, 0.6) is 5.75 Å². The van der Waals surface area contributed by atoms with Crippen LogP contribution in [0.3, 0.4) is 0 Å². The Bertz CT molecular complexity index is 644. The van der Waals surface area contributed by atoms with Crippen LogP contribution >= 0.6 is 0 Å². The molecule has 20 heavy (non-hydrogen) atoms. The Balaban J connectivity index is 2.64. The standard InChI is InChI=1S/C13H15N3O4/c1-6-12(7(2)20-16-6)8-4-10(15-13(17)18)9(14)5-11(8)19-3/h4-5,15H,14H2,1-3H3,(H,17,18). The van der Waals surface area contributed by atoms with Gasteiger partial charge in [-0.3, -0.25) is 5.32 Å². The van der Waals surface area contributed by atoms with Crippen LogP contribution in [0.25, 0.3) is 11.1 Å². The Morgan fingerprint density at radius 3 is 2.65 bits per heavy atom. The molecule has 7 heteroatoms. The van der Waals surface area contributed by atoms with E-state index in [9.17, 15) is 4.79 Å². The van der Waals surface area contributed by atoms with Crippen molar-refractivity contribution in [3.8, 4) is 16.9 Å². The van der Waals surface area contributed by atoms with Gasteiger partial charge in [-0.1, -0.05) is 5.16 Å². The van der Waals surface area contributed by atoms with E-state index in [1.54, 1.807) is 26.0 Å². The van der Waals surface area contributed by atoms with Crippen molar-refractivity contribution in [3.05, 3.63) is 23.6 Å². The lowest BCUT2D eigenvalue weighted by molar-refractivity contribution is 0.210. The second kappa shape index (κ2) is 5.12. The summed E-state index contributed by atoms with van der Waals surface area (Å²) < 4.78 is 10.4. The molecule has 0 unspecified atom stereocenters. The SMILES string of the molecule is COc1cc(N)c(NC(=O)O)cc1-c1c(C)noc1C. The average molecular weight is 277 g/mol. The van der Waals surface area contributed by atoms with Gasteiger partial charge in [0.2, 0.25) is 0 Å². The highest BCUT2D eigenvalue weighted by molar-refractivity contribution is 5.91. The van der Waals surface area contributed by atoms with E-state index in [4.69, 9.17) is 20.1 Å². The number of benzene rings is 1. The molecule has 0 radical (unpaired) electrons. The summed E-state index contributed by atoms with van der Waals surface area (Å²) in [4.78, 5) is 10.8. The Kier molecular flexibility index (Phi) is 3.51. The molecule has 106 valence electrons. The van der Waals surface area contributed by atoms with Gasteiger partial charge < -0.3 is 20.1 Å². The normalized spacial score (nSPS) is 10.3. The van der Waals surface area contributed by atoms with E-state index in [0.29, 0.717) is 22.8 Å². The first-order chi connectivity index (χ1) is 9.43. The second-order valence-electron chi connectivity index (χ2n) is 4.27. The summed E-state index contributed by atoms with van der Waals surface area (Å²) in [5, 5.41) is 15.0. The maximum absolute atomic E-state index is 10.8. The van der Waals surface area contributed by atoms with Crippen molar-refractivity contribution in [2.75, 3.05) is 18.2 Å². The number of nitrogens with zero attached hydrogens (tertiary/aromatic N) is 1. The van der Waals surface area contributed by atoms with Gasteiger partial charge in [0, 0.05) is 11.6 Å². The van der Waals surface area contributed by atoms with Crippen LogP contribution in [0.15, 0.2) is 16.7 Å². The van der Waals surface area contributed by atoms with Crippen molar-refractivity contribution in [2.45, 2.75) is 13.8 Å². The summed E-state index contributed by atoms with van der Waals surface area (Å²) in [5.74, 6) is 1.14. The molecule has 0 aliphatic rings. The molecule has 0 aliphatic heterocycles. The number of nitrogens with one attached hydrogen (secondary N) is 1. The van der Waals surface area contributed by atoms with Gasteiger partial charge in [-0.2, -0.15) is 0 Å². The first kappa shape index (κ1) is 13.7. The minimum atomic E-state index is -1.19. The molecule has 0 fully saturated rings. The number of anilines is 2. The number of hydrogen-bond donors (Lipinski definition) is 3. The number of methoxy groups -OCH3 is 1. The molecule has 0 saturated carbocycles. The quantitative estimate of drug-likeness (QED) is 0.744. The lowest BCUT2D eigenvalue weighted by Gasteiger charge is -2.13. The second-order valence-corrected chi connectivity index (χ2v) is 4.27. The van der Waals surface area contributed by atoms with Gasteiger partial charge in [0.25, 0.3) is 0 Å². The summed E-state index contributed by atoms with van der Waals surface area (Å²) in [6.07, 6.45) is -1.19. The number of rotatable bonds is 3. The van der Waals surface area contributed by atoms with Crippen molar-refractivity contribution >= 4 is 17.5 Å². The van der Waals surface area contributed by atoms with Crippen LogP contribution in [-0.2, 0) is 0 Å². The Hall–Kier alpha value is -2.70. The van der Waals surface area contributed by atoms with Crippen LogP contribution in [-0.4, -0.2) is 23.5 Å². The number of carbonyl (C=O) groups is 1. The fourth-order valence-electron chi connectivity index (χ4n) is 2.05. The van der Waals surface area contributed by atoms with Gasteiger partial charge in [-0.05, 0) is 19.9 Å². The zero-order valence-corrected chi connectivity index (χ0v) is 11.4. The fraction of sp³-hybridized carbons (Fsp3) is 0.231. The van der Waals surface area contributed by atoms with E-state index in [1.165, 1.54) is 7.11 Å². The maximum atomic E-state index is 10.8. The number of amides is 1. The van der Waals surface area contributed by atoms with Gasteiger partial charge in [0.05, 0.1) is 29.7 Å². The van der Waals surface area contributed by atoms with E-state index >= 15 is 0 Å². The first-order valence-corrected chi connectivity index (χ1v) is 5.84. The molecule has 7 nitrogen and oxygen atoms in total. The monoisotopic (exact) mass is 277 g/mol. The molecule has 1 aromatic carbocycles. The van der Waals surface area contributed by atoms with Gasteiger partial charge in [0.15, 0.2) is 0 Å². The summed E-state index contributed by atoms with van der Waals surface area (Å²) >= 11 is 0. The lowest BCUT2D eigenvalue weighted by atomic mass is 10.0. The molecular weight excluding hydrogens is 262 g/mol. The molecule has 0 bridgehead atoms. The molecule has 0 atom stereocenters. The van der Waals surface area contributed by atoms with Crippen LogP contribution < -0.4 is 15.8 Å². The van der Waals surface area contributed by atoms with Gasteiger partial charge >= 0.3 is 6.09 Å². The van der Waals surface area contributed by atoms with E-state index in [-0.39, 0.29) is 11.4 Å². The highest BCUT2D eigenvalue weighted by atomic mass is 16.5. The smallest absolute Gasteiger partial charge is 0.409 e. The van der Waals surface area contributed by atoms with Gasteiger partial charge in [-0.25, -0.2) is 4.79 Å². The molecule has 1 aromatic heterocycles. The van der Waals surface area contributed by atoms with E-state index in [1.807, 2.05) is 0 Å². The van der Waals surface area contributed by atoms with E-state index in [0.717, 1.165) is 5.56 Å². The molecule has 0 aliphatic carbocycles. The number of aryl methyl sites for hydroxylation is 2. The highest BCUT2D eigenvalue weighted by Gasteiger charge is 2.18. The lowest BCUT2D eigenvalue weighted by Crippen LogP contribution is -2.09. The van der Waals surface area contributed by atoms with Crippen LogP contribution in [0.1, 0.15) is 11.5 Å². The predicted molar refractivity (Wildman–Crippen MR) is 74.0 cm³/mol. The van der Waals surface area contributed by atoms with Crippen LogP contribution in [0.2, 0.25) is 0 Å². The van der Waals surface area contributed by atoms with Crippen molar-refractivity contribution in [3.63, 3.8) is 0 Å². The largest absolute Gasteiger partial charge is 0.496 e. The fourth-order valence-corrected chi connectivity index (χ4v) is 2.05. The minimum Gasteiger partial charge on any atom is -0.496 e. The maximum Gasteiger partial charge on any atom is 0.409 e. The van der Waals surface area contributed by atoms with Crippen molar-refractivity contribution in [2.24, 2.45) is 0 Å². The number of carboxylic acid groups (broad SMARTS) is 1. The Morgan fingerprint density at radius 1 is 1.45 bits per heavy atom. The van der Waals surface area contributed by atoms with Crippen LogP contribution in [0.4, 0.5) is 16.2 Å². The topological polar surface area (TPSA) is 111 Å². The highest BCUT2D eigenvalue weighted by Crippen LogP contribution is 2.39. The Morgan fingerprint density at radius 2 is 2.15 bits per heavy atom. The zero-order valence-electron chi connectivity index (χ0n) is 11.4. The average Bonchev–Trinajstić information content (AvgIpc) is 2.71. The molecule has 0 saturated heterocycles. The Labute approximate surface area is 115 Å². The molecular formula is C13H15N3O4. The minimum absolute atomic E-state index is 0.278. The van der Waals surface area contributed by atoms with Crippen molar-refractivity contribution < 1.29 is 19.2 Å². The molecule has 2 rings (SSSR count). The molecule has 1 amide bonds. The third-order valence-electron chi connectivity index (χ3n) is 2.92. The zero-order chi connectivity index (χ0) is 14.9. The van der Waals surface area contributed by atoms with Crippen molar-refractivity contribution in [1.29, 1.82) is 0 Å². The number of nitrogens with two attached hydrogens (primary N) is 1. The summed E-state index contributed by atoms with van der Waals surface area (Å²) in [5.41, 5.74) is 8.48. The number of aromatic nitrogens is 1. The van der Waals surface area contributed by atoms with Gasteiger partial charge in [0.1, 0.15) is 11.5 Å². The molecule has 4 N–H and O–H groups in total. The predicted octanol–water partition coefficient (Wildman–Crippen LogP) is 2.64. The summed E-state index contributed by atoms with van der Waals surface area (Å²) in [6, 6.07) is 3.17. The summed E-state index contributed by atoms with van der Waals surface area (Å²) in [6.45, 7) is 3.57. The first-order valence-electron chi connectivity index (χ1n) is 5.84. The van der Waals surface area contributed by atoms with E-state index in [2.05, 4.69) is 10.5 Å². The number of nitrogen functional groups attached to an aromatic ring is 1. The number of hydrogen-bond acceptors (Lipinski definition) is 5. The summed E-state index contributed by atoms with van der Waals surface area (Å²) in [7, 11) is 1.51.